The molecule has 0 aliphatic heterocycles. The number of halogens is 1. The molecule has 1 heterocycles. The zero-order chi connectivity index (χ0) is 16.7. The van der Waals surface area contributed by atoms with Gasteiger partial charge in [0, 0.05) is 30.3 Å². The highest BCUT2D eigenvalue weighted by Crippen LogP contribution is 2.25. The highest BCUT2D eigenvalue weighted by molar-refractivity contribution is 14.0. The highest BCUT2D eigenvalue weighted by atomic mass is 127. The highest BCUT2D eigenvalue weighted by Gasteiger charge is 2.17. The summed E-state index contributed by atoms with van der Waals surface area (Å²) >= 11 is 1.72. The third-order valence-electron chi connectivity index (χ3n) is 3.41. The van der Waals surface area contributed by atoms with Crippen molar-refractivity contribution in [3.8, 4) is 0 Å². The van der Waals surface area contributed by atoms with Crippen molar-refractivity contribution >= 4 is 41.3 Å². The number of benzene rings is 1. The number of aromatic nitrogens is 1. The number of guanidine groups is 1. The minimum atomic E-state index is 0. The van der Waals surface area contributed by atoms with Gasteiger partial charge in [0.05, 0.1) is 10.7 Å². The molecule has 0 saturated heterocycles. The van der Waals surface area contributed by atoms with E-state index in [0.717, 1.165) is 25.1 Å². The van der Waals surface area contributed by atoms with E-state index in [1.165, 1.54) is 10.6 Å². The first-order chi connectivity index (χ1) is 10.9. The quantitative estimate of drug-likeness (QED) is 0.394. The lowest BCUT2D eigenvalue weighted by atomic mass is 9.98. The molecule has 0 aliphatic rings. The molecule has 0 fully saturated rings. The van der Waals surface area contributed by atoms with Crippen molar-refractivity contribution < 1.29 is 0 Å². The molecule has 0 amide bonds. The molecule has 6 heteroatoms. The van der Waals surface area contributed by atoms with Gasteiger partial charge in [-0.3, -0.25) is 4.99 Å². The molecule has 0 aliphatic carbocycles. The van der Waals surface area contributed by atoms with Gasteiger partial charge in [-0.05, 0) is 12.0 Å². The largest absolute Gasteiger partial charge is 0.370 e. The first-order valence-electron chi connectivity index (χ1n) is 7.98. The summed E-state index contributed by atoms with van der Waals surface area (Å²) in [4.78, 5) is 9.04. The van der Waals surface area contributed by atoms with Crippen LogP contribution in [0.2, 0.25) is 0 Å². The molecule has 3 N–H and O–H groups in total. The standard InChI is InChI=1S/C18H26N4S.HI/c1-18(2,3)16-22-15(13-23-16)10-12-21-17(19)20-11-9-14-7-5-4-6-8-14;/h4-8,13H,9-12H2,1-3H3,(H3,19,20,21);1H. The van der Waals surface area contributed by atoms with Crippen LogP contribution in [0.3, 0.4) is 0 Å². The van der Waals surface area contributed by atoms with E-state index in [1.54, 1.807) is 11.3 Å². The fourth-order valence-electron chi connectivity index (χ4n) is 2.09. The number of hydrogen-bond acceptors (Lipinski definition) is 3. The van der Waals surface area contributed by atoms with Gasteiger partial charge in [0.1, 0.15) is 0 Å². The predicted molar refractivity (Wildman–Crippen MR) is 115 cm³/mol. The van der Waals surface area contributed by atoms with Crippen LogP contribution >= 0.6 is 35.3 Å². The van der Waals surface area contributed by atoms with Crippen molar-refractivity contribution in [1.82, 2.24) is 10.3 Å². The van der Waals surface area contributed by atoms with Gasteiger partial charge in [0.15, 0.2) is 5.96 Å². The van der Waals surface area contributed by atoms with Crippen LogP contribution in [-0.4, -0.2) is 24.0 Å². The van der Waals surface area contributed by atoms with Gasteiger partial charge in [-0.15, -0.1) is 35.3 Å². The number of thiazole rings is 1. The van der Waals surface area contributed by atoms with Crippen LogP contribution in [-0.2, 0) is 18.3 Å². The lowest BCUT2D eigenvalue weighted by Gasteiger charge is -2.13. The Morgan fingerprint density at radius 2 is 1.92 bits per heavy atom. The van der Waals surface area contributed by atoms with Crippen LogP contribution in [0, 0.1) is 0 Å². The first-order valence-corrected chi connectivity index (χ1v) is 8.86. The van der Waals surface area contributed by atoms with Gasteiger partial charge in [-0.25, -0.2) is 4.98 Å². The van der Waals surface area contributed by atoms with Crippen LogP contribution in [0.1, 0.15) is 37.0 Å². The van der Waals surface area contributed by atoms with E-state index >= 15 is 0 Å². The van der Waals surface area contributed by atoms with E-state index < -0.39 is 0 Å². The van der Waals surface area contributed by atoms with E-state index in [2.05, 4.69) is 53.6 Å². The Morgan fingerprint density at radius 3 is 2.54 bits per heavy atom. The van der Waals surface area contributed by atoms with Crippen LogP contribution in [0.15, 0.2) is 40.7 Å². The Balaban J connectivity index is 0.00000288. The summed E-state index contributed by atoms with van der Waals surface area (Å²) in [6.07, 6.45) is 1.77. The molecule has 132 valence electrons. The number of nitrogens with one attached hydrogen (secondary N) is 1. The Kier molecular flexibility index (Phi) is 8.69. The molecule has 2 aromatic rings. The molecular weight excluding hydrogens is 431 g/mol. The monoisotopic (exact) mass is 458 g/mol. The number of hydrogen-bond donors (Lipinski definition) is 2. The fourth-order valence-corrected chi connectivity index (χ4v) is 3.03. The van der Waals surface area contributed by atoms with Gasteiger partial charge in [0.2, 0.25) is 0 Å². The van der Waals surface area contributed by atoms with Crippen molar-refractivity contribution in [1.29, 1.82) is 0 Å². The normalized spacial score (nSPS) is 11.9. The summed E-state index contributed by atoms with van der Waals surface area (Å²) in [5.74, 6) is 0.507. The second-order valence-electron chi connectivity index (χ2n) is 6.57. The van der Waals surface area contributed by atoms with E-state index in [0.29, 0.717) is 12.5 Å². The third-order valence-corrected chi connectivity index (χ3v) is 4.72. The molecule has 0 radical (unpaired) electrons. The number of nitrogens with zero attached hydrogens (tertiary/aromatic N) is 2. The van der Waals surface area contributed by atoms with Crippen molar-refractivity contribution in [2.45, 2.75) is 39.0 Å². The first kappa shape index (κ1) is 20.9. The van der Waals surface area contributed by atoms with Crippen molar-refractivity contribution in [2.24, 2.45) is 10.7 Å². The maximum absolute atomic E-state index is 5.90. The summed E-state index contributed by atoms with van der Waals surface area (Å²) in [5.41, 5.74) is 8.41. The molecule has 1 aromatic carbocycles. The number of aliphatic imine (C=N–C) groups is 1. The summed E-state index contributed by atoms with van der Waals surface area (Å²) < 4.78 is 0. The summed E-state index contributed by atoms with van der Waals surface area (Å²) in [6, 6.07) is 10.4. The lowest BCUT2D eigenvalue weighted by molar-refractivity contribution is 0.583. The van der Waals surface area contributed by atoms with Crippen LogP contribution < -0.4 is 11.1 Å². The summed E-state index contributed by atoms with van der Waals surface area (Å²) in [5, 5.41) is 6.45. The van der Waals surface area contributed by atoms with Gasteiger partial charge in [-0.1, -0.05) is 51.1 Å². The number of rotatable bonds is 6. The maximum Gasteiger partial charge on any atom is 0.188 e. The molecular formula is C18H27IN4S. The van der Waals surface area contributed by atoms with Gasteiger partial charge < -0.3 is 11.1 Å². The van der Waals surface area contributed by atoms with E-state index in [-0.39, 0.29) is 29.4 Å². The second kappa shape index (κ2) is 9.98. The molecule has 2 rings (SSSR count). The van der Waals surface area contributed by atoms with Crippen LogP contribution in [0.5, 0.6) is 0 Å². The van der Waals surface area contributed by atoms with Crippen molar-refractivity contribution in [3.05, 3.63) is 52.0 Å². The zero-order valence-corrected chi connectivity index (χ0v) is 17.7. The Labute approximate surface area is 166 Å². The average Bonchev–Trinajstić information content (AvgIpc) is 2.97. The molecule has 0 atom stereocenters. The molecule has 0 unspecified atom stereocenters. The fraction of sp³-hybridized carbons (Fsp3) is 0.444. The summed E-state index contributed by atoms with van der Waals surface area (Å²) in [6.45, 7) is 8.01. The molecule has 1 aromatic heterocycles. The van der Waals surface area contributed by atoms with E-state index in [1.807, 2.05) is 18.2 Å². The van der Waals surface area contributed by atoms with Gasteiger partial charge in [-0.2, -0.15) is 0 Å². The Hall–Kier alpha value is -1.15. The molecule has 0 spiro atoms. The minimum absolute atomic E-state index is 0. The van der Waals surface area contributed by atoms with Crippen molar-refractivity contribution in [2.75, 3.05) is 13.1 Å². The second-order valence-corrected chi connectivity index (χ2v) is 7.43. The number of nitrogens with two attached hydrogens (primary N) is 1. The smallest absolute Gasteiger partial charge is 0.188 e. The topological polar surface area (TPSA) is 63.3 Å². The average molecular weight is 458 g/mol. The Morgan fingerprint density at radius 1 is 1.21 bits per heavy atom. The van der Waals surface area contributed by atoms with Gasteiger partial charge >= 0.3 is 0 Å². The Bertz CT molecular complexity index is 632. The van der Waals surface area contributed by atoms with E-state index in [9.17, 15) is 0 Å². The summed E-state index contributed by atoms with van der Waals surface area (Å²) in [7, 11) is 0. The van der Waals surface area contributed by atoms with Gasteiger partial charge in [0.25, 0.3) is 0 Å². The SMILES string of the molecule is CC(C)(C)c1nc(CCN=C(N)NCCc2ccccc2)cs1.I. The maximum atomic E-state index is 5.90. The van der Waals surface area contributed by atoms with Crippen LogP contribution in [0.4, 0.5) is 0 Å². The third kappa shape index (κ3) is 7.17. The minimum Gasteiger partial charge on any atom is -0.370 e. The molecule has 24 heavy (non-hydrogen) atoms. The van der Waals surface area contributed by atoms with Crippen LogP contribution in [0.25, 0.3) is 0 Å². The molecule has 0 saturated carbocycles. The molecule has 4 nitrogen and oxygen atoms in total. The van der Waals surface area contributed by atoms with Crippen molar-refractivity contribution in [3.63, 3.8) is 0 Å². The predicted octanol–water partition coefficient (Wildman–Crippen LogP) is 3.75. The lowest BCUT2D eigenvalue weighted by Crippen LogP contribution is -2.33. The zero-order valence-electron chi connectivity index (χ0n) is 14.6. The molecule has 0 bridgehead atoms. The van der Waals surface area contributed by atoms with E-state index in [4.69, 9.17) is 5.73 Å².